The molecule has 0 aliphatic carbocycles. The molecular formula is C16H26CuO4. The van der Waals surface area contributed by atoms with Crippen LogP contribution in [-0.4, -0.2) is 11.6 Å². The van der Waals surface area contributed by atoms with E-state index in [4.69, 9.17) is 0 Å². The van der Waals surface area contributed by atoms with Gasteiger partial charge in [0.25, 0.3) is 0 Å². The number of rotatable bonds is 6. The van der Waals surface area contributed by atoms with Crippen LogP contribution in [-0.2, 0) is 26.7 Å². The summed E-state index contributed by atoms with van der Waals surface area (Å²) in [5.74, 6) is 0.215. The van der Waals surface area contributed by atoms with Gasteiger partial charge in [-0.2, -0.15) is 0 Å². The molecule has 0 unspecified atom stereocenters. The first-order valence-electron chi connectivity index (χ1n) is 6.80. The summed E-state index contributed by atoms with van der Waals surface area (Å²) in [4.78, 5) is 20.7. The van der Waals surface area contributed by atoms with Gasteiger partial charge in [0.15, 0.2) is 11.6 Å². The zero-order valence-corrected chi connectivity index (χ0v) is 14.6. The van der Waals surface area contributed by atoms with Gasteiger partial charge in [-0.05, 0) is 50.7 Å². The van der Waals surface area contributed by atoms with Crippen molar-refractivity contribution in [3.63, 3.8) is 0 Å². The molecule has 0 aromatic heterocycles. The Labute approximate surface area is 138 Å². The van der Waals surface area contributed by atoms with Gasteiger partial charge in [0, 0.05) is 0 Å². The molecular weight excluding hydrogens is 320 g/mol. The third-order valence-corrected chi connectivity index (χ3v) is 1.95. The minimum absolute atomic E-state index is 0. The molecule has 0 atom stereocenters. The molecule has 0 bridgehead atoms. The van der Waals surface area contributed by atoms with Gasteiger partial charge in [-0.15, -0.1) is 11.5 Å². The van der Waals surface area contributed by atoms with Crippen LogP contribution >= 0.6 is 0 Å². The van der Waals surface area contributed by atoms with Crippen molar-refractivity contribution in [1.82, 2.24) is 0 Å². The van der Waals surface area contributed by atoms with Gasteiger partial charge in [0.05, 0.1) is 0 Å². The van der Waals surface area contributed by atoms with E-state index in [9.17, 15) is 19.8 Å². The third kappa shape index (κ3) is 24.3. The summed E-state index contributed by atoms with van der Waals surface area (Å²) in [6.45, 7) is 10.6. The van der Waals surface area contributed by atoms with Crippen molar-refractivity contribution in [2.24, 2.45) is 11.8 Å². The molecule has 21 heavy (non-hydrogen) atoms. The molecule has 0 amide bonds. The Hall–Kier alpha value is -1.06. The molecule has 1 radical (unpaired) electrons. The van der Waals surface area contributed by atoms with Crippen molar-refractivity contribution in [3.8, 4) is 0 Å². The van der Waals surface area contributed by atoms with Crippen molar-refractivity contribution in [2.45, 2.75) is 54.4 Å². The second-order valence-corrected chi connectivity index (χ2v) is 5.64. The smallest absolute Gasteiger partial charge is 0.875 e. The summed E-state index contributed by atoms with van der Waals surface area (Å²) in [7, 11) is 0. The molecule has 0 saturated heterocycles. The maximum absolute atomic E-state index is 10.8. The molecule has 0 aliphatic rings. The zero-order valence-electron chi connectivity index (χ0n) is 13.7. The van der Waals surface area contributed by atoms with Gasteiger partial charge in [0.1, 0.15) is 0 Å². The Kier molecular flexibility index (Phi) is 16.5. The van der Waals surface area contributed by atoms with Crippen molar-refractivity contribution < 1.29 is 36.9 Å². The van der Waals surface area contributed by atoms with Gasteiger partial charge in [-0.1, -0.05) is 27.7 Å². The van der Waals surface area contributed by atoms with E-state index < -0.39 is 0 Å². The maximum atomic E-state index is 10.8. The molecule has 0 rings (SSSR count). The van der Waals surface area contributed by atoms with E-state index in [-0.39, 0.29) is 40.2 Å². The normalized spacial score (nSPS) is 11.6. The van der Waals surface area contributed by atoms with E-state index >= 15 is 0 Å². The number of hydrogen-bond acceptors (Lipinski definition) is 4. The molecule has 0 aromatic rings. The van der Waals surface area contributed by atoms with E-state index in [1.54, 1.807) is 0 Å². The molecule has 0 saturated carbocycles. The first kappa shape index (κ1) is 24.9. The van der Waals surface area contributed by atoms with E-state index in [2.05, 4.69) is 0 Å². The summed E-state index contributed by atoms with van der Waals surface area (Å²) < 4.78 is 0. The van der Waals surface area contributed by atoms with E-state index in [0.717, 1.165) is 12.2 Å². The summed E-state index contributed by atoms with van der Waals surface area (Å²) in [6.07, 6.45) is 3.25. The Morgan fingerprint density at radius 3 is 1.19 bits per heavy atom. The van der Waals surface area contributed by atoms with Crippen LogP contribution in [0.4, 0.5) is 0 Å². The predicted octanol–water partition coefficient (Wildman–Crippen LogP) is 1.73. The third-order valence-electron chi connectivity index (χ3n) is 1.95. The Morgan fingerprint density at radius 1 is 0.810 bits per heavy atom. The zero-order chi connectivity index (χ0) is 16.3. The van der Waals surface area contributed by atoms with Crippen molar-refractivity contribution in [1.29, 1.82) is 0 Å². The average molecular weight is 346 g/mol. The van der Waals surface area contributed by atoms with Crippen LogP contribution in [0.25, 0.3) is 0 Å². The first-order chi connectivity index (χ1) is 9.04. The second-order valence-electron chi connectivity index (χ2n) is 5.64. The molecule has 0 spiro atoms. The predicted molar refractivity (Wildman–Crippen MR) is 76.4 cm³/mol. The fourth-order valence-corrected chi connectivity index (χ4v) is 1.38. The van der Waals surface area contributed by atoms with Gasteiger partial charge in [-0.3, -0.25) is 9.59 Å². The molecule has 4 nitrogen and oxygen atoms in total. The fourth-order valence-electron chi connectivity index (χ4n) is 1.38. The maximum Gasteiger partial charge on any atom is 2.00 e. The van der Waals surface area contributed by atoms with Crippen LogP contribution in [0.5, 0.6) is 0 Å². The fraction of sp³-hybridized carbons (Fsp3) is 0.625. The molecule has 125 valence electrons. The summed E-state index contributed by atoms with van der Waals surface area (Å²) in [5.41, 5.74) is 0. The minimum atomic E-state index is -0.161. The van der Waals surface area contributed by atoms with Crippen molar-refractivity contribution >= 4 is 11.6 Å². The minimum Gasteiger partial charge on any atom is -0.875 e. The number of carbonyl (C=O) groups is 2. The summed E-state index contributed by atoms with van der Waals surface area (Å²) >= 11 is 0. The second kappa shape index (κ2) is 13.9. The number of carbonyl (C=O) groups excluding carboxylic acids is 2. The summed E-state index contributed by atoms with van der Waals surface area (Å²) in [6, 6.07) is 0. The molecule has 0 heterocycles. The Bertz CT molecular complexity index is 332. The Balaban J connectivity index is -0.000000295. The monoisotopic (exact) mass is 345 g/mol. The molecule has 5 heteroatoms. The van der Waals surface area contributed by atoms with Gasteiger partial charge in [-0.25, -0.2) is 0 Å². The van der Waals surface area contributed by atoms with E-state index in [1.165, 1.54) is 13.8 Å². The van der Waals surface area contributed by atoms with Gasteiger partial charge >= 0.3 is 17.1 Å². The standard InChI is InChI=1S/2C8H14O2.Cu/c2*1-6(2)4-8(10)5-7(3)9;/h2*5-6,10H,4H2,1-3H3;/q;;+2/p-2. The van der Waals surface area contributed by atoms with Crippen LogP contribution in [0.2, 0.25) is 0 Å². The van der Waals surface area contributed by atoms with Crippen LogP contribution in [0, 0.1) is 11.8 Å². The molecule has 0 aromatic carbocycles. The van der Waals surface area contributed by atoms with Crippen LogP contribution in [0.15, 0.2) is 23.7 Å². The quantitative estimate of drug-likeness (QED) is 0.417. The van der Waals surface area contributed by atoms with Gasteiger partial charge in [0.2, 0.25) is 0 Å². The number of allylic oxidation sites excluding steroid dienone is 4. The molecule has 0 N–H and O–H groups in total. The topological polar surface area (TPSA) is 80.3 Å². The van der Waals surface area contributed by atoms with Crippen LogP contribution in [0.3, 0.4) is 0 Å². The number of ketones is 2. The van der Waals surface area contributed by atoms with E-state index in [0.29, 0.717) is 24.7 Å². The largest absolute Gasteiger partial charge is 2.00 e. The SMILES string of the molecule is CC(=O)C=C([O-])CC(C)C.CC(=O)C=C([O-])CC(C)C.[Cu+2]. The average Bonchev–Trinajstić information content (AvgIpc) is 2.11. The molecule has 0 aliphatic heterocycles. The van der Waals surface area contributed by atoms with Crippen molar-refractivity contribution in [2.75, 3.05) is 0 Å². The summed E-state index contributed by atoms with van der Waals surface area (Å²) in [5, 5.41) is 21.6. The van der Waals surface area contributed by atoms with E-state index in [1.807, 2.05) is 27.7 Å². The van der Waals surface area contributed by atoms with Crippen LogP contribution < -0.4 is 10.2 Å². The Morgan fingerprint density at radius 2 is 1.05 bits per heavy atom. The number of hydrogen-bond donors (Lipinski definition) is 0. The first-order valence-corrected chi connectivity index (χ1v) is 6.80. The van der Waals surface area contributed by atoms with Gasteiger partial charge < -0.3 is 10.2 Å². The van der Waals surface area contributed by atoms with Crippen LogP contribution in [0.1, 0.15) is 54.4 Å². The van der Waals surface area contributed by atoms with Crippen molar-refractivity contribution in [3.05, 3.63) is 23.7 Å². The molecule has 0 fully saturated rings.